The Hall–Kier alpha value is -3.60. The van der Waals surface area contributed by atoms with Gasteiger partial charge in [-0.15, -0.1) is 0 Å². The van der Waals surface area contributed by atoms with Crippen LogP contribution in [-0.4, -0.2) is 80.3 Å². The molecule has 0 radical (unpaired) electrons. The molecule has 2 aliphatic heterocycles. The fraction of sp³-hybridized carbons (Fsp3) is 0.423. The van der Waals surface area contributed by atoms with E-state index in [1.165, 1.54) is 24.0 Å². The lowest BCUT2D eigenvalue weighted by Crippen LogP contribution is -2.55. The Bertz CT molecular complexity index is 1120. The van der Waals surface area contributed by atoms with Crippen LogP contribution >= 0.6 is 0 Å². The largest absolute Gasteiger partial charge is 0.367 e. The zero-order valence-electron chi connectivity index (χ0n) is 21.3. The first-order chi connectivity index (χ1) is 17.6. The highest BCUT2D eigenvalue weighted by molar-refractivity contribution is 6.08. The molecule has 8 nitrogen and oxygen atoms in total. The second-order valence-electron chi connectivity index (χ2n) is 9.22. The normalized spacial score (nSPS) is 21.2. The second kappa shape index (κ2) is 12.1. The van der Waals surface area contributed by atoms with Gasteiger partial charge in [0.05, 0.1) is 16.9 Å². The summed E-state index contributed by atoms with van der Waals surface area (Å²) >= 11 is 0. The highest BCUT2D eigenvalue weighted by Gasteiger charge is 2.30. The molecule has 1 fully saturated rings. The van der Waals surface area contributed by atoms with E-state index in [-0.39, 0.29) is 36.3 Å². The Balaban J connectivity index is 2.07. The van der Waals surface area contributed by atoms with Crippen LogP contribution in [0.1, 0.15) is 26.3 Å². The standard InChI is InChI=1S/C26H32F3N5O3/c1-5-19(25(28)29)21(10-30-14-35)26(37)31-23-8-20(18-6-7-33(13-18)15-36)22(27)9-24(23)34-11-16(2)32(4)17(3)12-34/h5-6,8-10,14-17,25H,7,11-13H2,1-4H3,(H,30,35)(H,31,37)/b19-5+,21-10+. The number of amides is 3. The number of carbonyl (C=O) groups is 3. The summed E-state index contributed by atoms with van der Waals surface area (Å²) in [6, 6.07) is 3.07. The molecule has 0 spiro atoms. The molecule has 11 heteroatoms. The molecular formula is C26H32F3N5O3. The van der Waals surface area contributed by atoms with Gasteiger partial charge in [-0.25, -0.2) is 13.2 Å². The number of hydrogen-bond donors (Lipinski definition) is 2. The highest BCUT2D eigenvalue weighted by Crippen LogP contribution is 2.36. The first-order valence-electron chi connectivity index (χ1n) is 12.0. The Morgan fingerprint density at radius 3 is 2.38 bits per heavy atom. The van der Waals surface area contributed by atoms with Crippen LogP contribution in [0.5, 0.6) is 0 Å². The quantitative estimate of drug-likeness (QED) is 0.298. The molecule has 0 aliphatic carbocycles. The van der Waals surface area contributed by atoms with Crippen molar-refractivity contribution in [2.24, 2.45) is 0 Å². The number of halogens is 3. The van der Waals surface area contributed by atoms with Crippen molar-refractivity contribution in [3.8, 4) is 0 Å². The molecule has 200 valence electrons. The summed E-state index contributed by atoms with van der Waals surface area (Å²) in [5, 5.41) is 4.83. The summed E-state index contributed by atoms with van der Waals surface area (Å²) in [5.41, 5.74) is 0.445. The van der Waals surface area contributed by atoms with Crippen LogP contribution in [0.2, 0.25) is 0 Å². The zero-order valence-corrected chi connectivity index (χ0v) is 21.3. The van der Waals surface area contributed by atoms with Crippen molar-refractivity contribution in [1.29, 1.82) is 0 Å². The first-order valence-corrected chi connectivity index (χ1v) is 12.0. The van der Waals surface area contributed by atoms with Crippen LogP contribution in [0.4, 0.5) is 24.5 Å². The van der Waals surface area contributed by atoms with Crippen molar-refractivity contribution in [2.75, 3.05) is 43.4 Å². The third kappa shape index (κ3) is 6.22. The van der Waals surface area contributed by atoms with E-state index in [9.17, 15) is 23.2 Å². The molecular weight excluding hydrogens is 487 g/mol. The van der Waals surface area contributed by atoms with E-state index in [4.69, 9.17) is 0 Å². The van der Waals surface area contributed by atoms with Gasteiger partial charge in [0.15, 0.2) is 0 Å². The Kier molecular flexibility index (Phi) is 9.14. The van der Waals surface area contributed by atoms with Gasteiger partial charge in [0.25, 0.3) is 12.3 Å². The number of allylic oxidation sites excluding steroid dienone is 1. The smallest absolute Gasteiger partial charge is 0.264 e. The van der Waals surface area contributed by atoms with Gasteiger partial charge in [-0.3, -0.25) is 19.3 Å². The predicted molar refractivity (Wildman–Crippen MR) is 137 cm³/mol. The van der Waals surface area contributed by atoms with E-state index in [1.807, 2.05) is 25.8 Å². The number of piperazine rings is 1. The third-order valence-corrected chi connectivity index (χ3v) is 6.87. The lowest BCUT2D eigenvalue weighted by atomic mass is 10.0. The molecule has 3 amide bonds. The minimum Gasteiger partial charge on any atom is -0.367 e. The van der Waals surface area contributed by atoms with Crippen LogP contribution in [0.3, 0.4) is 0 Å². The molecule has 3 rings (SSSR count). The molecule has 37 heavy (non-hydrogen) atoms. The SMILES string of the molecule is C/C=C(\C(=C/NC=O)C(=O)Nc1cc(C2=CCN(C=O)C2)c(F)cc1N1CC(C)N(C)C(C)C1)C(F)F. The number of nitrogens with zero attached hydrogens (tertiary/aromatic N) is 3. The van der Waals surface area contributed by atoms with E-state index >= 15 is 4.39 Å². The number of nitrogens with one attached hydrogen (secondary N) is 2. The lowest BCUT2D eigenvalue weighted by molar-refractivity contribution is -0.117. The van der Waals surface area contributed by atoms with Gasteiger partial charge in [0.2, 0.25) is 12.8 Å². The topological polar surface area (TPSA) is 85.0 Å². The summed E-state index contributed by atoms with van der Waals surface area (Å²) in [5.74, 6) is -1.40. The van der Waals surface area contributed by atoms with E-state index in [1.54, 1.807) is 6.08 Å². The molecule has 2 aliphatic rings. The minimum atomic E-state index is -2.96. The van der Waals surface area contributed by atoms with Gasteiger partial charge in [-0.05, 0) is 45.5 Å². The molecule has 0 aromatic heterocycles. The molecule has 2 heterocycles. The summed E-state index contributed by atoms with van der Waals surface area (Å²) in [6.45, 7) is 7.08. The molecule has 1 aromatic carbocycles. The fourth-order valence-electron chi connectivity index (χ4n) is 4.61. The maximum Gasteiger partial charge on any atom is 0.264 e. The third-order valence-electron chi connectivity index (χ3n) is 6.87. The van der Waals surface area contributed by atoms with Gasteiger partial charge in [0, 0.05) is 55.6 Å². The molecule has 1 saturated heterocycles. The maximum absolute atomic E-state index is 15.4. The average Bonchev–Trinajstić information content (AvgIpc) is 3.34. The molecule has 1 aromatic rings. The highest BCUT2D eigenvalue weighted by atomic mass is 19.3. The Morgan fingerprint density at radius 1 is 1.16 bits per heavy atom. The summed E-state index contributed by atoms with van der Waals surface area (Å²) < 4.78 is 42.7. The number of alkyl halides is 2. The van der Waals surface area contributed by atoms with Crippen LogP contribution in [0, 0.1) is 5.82 Å². The second-order valence-corrected chi connectivity index (χ2v) is 9.22. The van der Waals surface area contributed by atoms with E-state index < -0.39 is 29.3 Å². The predicted octanol–water partition coefficient (Wildman–Crippen LogP) is 2.99. The van der Waals surface area contributed by atoms with Crippen molar-refractivity contribution in [3.63, 3.8) is 0 Å². The number of carbonyl (C=O) groups excluding carboxylic acids is 3. The number of benzene rings is 1. The number of anilines is 2. The van der Waals surface area contributed by atoms with E-state index in [0.717, 1.165) is 12.3 Å². The Morgan fingerprint density at radius 2 is 1.84 bits per heavy atom. The van der Waals surface area contributed by atoms with Gasteiger partial charge in [-0.1, -0.05) is 12.2 Å². The van der Waals surface area contributed by atoms with E-state index in [0.29, 0.717) is 37.3 Å². The van der Waals surface area contributed by atoms with Crippen molar-refractivity contribution >= 4 is 35.7 Å². The number of likely N-dealkylation sites (N-methyl/N-ethyl adjacent to an activating group) is 1. The van der Waals surface area contributed by atoms with Gasteiger partial charge in [-0.2, -0.15) is 0 Å². The first kappa shape index (κ1) is 28.0. The van der Waals surface area contributed by atoms with Gasteiger partial charge in [0.1, 0.15) is 5.82 Å². The van der Waals surface area contributed by atoms with Crippen LogP contribution in [0.25, 0.3) is 5.57 Å². The van der Waals surface area contributed by atoms with Crippen LogP contribution in [-0.2, 0) is 14.4 Å². The number of rotatable bonds is 9. The van der Waals surface area contributed by atoms with Crippen molar-refractivity contribution < 1.29 is 27.6 Å². The fourth-order valence-corrected chi connectivity index (χ4v) is 4.61. The summed E-state index contributed by atoms with van der Waals surface area (Å²) in [6.07, 6.45) is 1.72. The number of hydrogen-bond acceptors (Lipinski definition) is 5. The molecule has 0 saturated carbocycles. The van der Waals surface area contributed by atoms with Crippen LogP contribution in [0.15, 0.2) is 41.6 Å². The molecule has 2 unspecified atom stereocenters. The maximum atomic E-state index is 15.4. The van der Waals surface area contributed by atoms with Gasteiger partial charge < -0.3 is 20.4 Å². The van der Waals surface area contributed by atoms with Crippen molar-refractivity contribution in [3.05, 3.63) is 53.0 Å². The average molecular weight is 520 g/mol. The zero-order chi connectivity index (χ0) is 27.3. The molecule has 0 bridgehead atoms. The Labute approximate surface area is 214 Å². The minimum absolute atomic E-state index is 0.134. The summed E-state index contributed by atoms with van der Waals surface area (Å²) in [4.78, 5) is 40.9. The lowest BCUT2D eigenvalue weighted by Gasteiger charge is -2.44. The van der Waals surface area contributed by atoms with Crippen LogP contribution < -0.4 is 15.5 Å². The van der Waals surface area contributed by atoms with Crippen molar-refractivity contribution in [1.82, 2.24) is 15.1 Å². The van der Waals surface area contributed by atoms with Crippen molar-refractivity contribution in [2.45, 2.75) is 39.3 Å². The monoisotopic (exact) mass is 519 g/mol. The molecule has 2 N–H and O–H groups in total. The van der Waals surface area contributed by atoms with E-state index in [2.05, 4.69) is 15.5 Å². The summed E-state index contributed by atoms with van der Waals surface area (Å²) in [7, 11) is 2.00. The molecule has 2 atom stereocenters. The van der Waals surface area contributed by atoms with Gasteiger partial charge >= 0.3 is 0 Å².